The number of nitrogens with one attached hydrogen (secondary N) is 1. The third-order valence-electron chi connectivity index (χ3n) is 3.39. The Kier molecular flexibility index (Phi) is 4.97. The third kappa shape index (κ3) is 3.76. The van der Waals surface area contributed by atoms with Gasteiger partial charge in [0.1, 0.15) is 4.21 Å². The molecule has 1 fully saturated rings. The minimum Gasteiger partial charge on any atom is -0.391 e. The van der Waals surface area contributed by atoms with E-state index in [1.807, 2.05) is 0 Å². The van der Waals surface area contributed by atoms with E-state index in [0.717, 1.165) is 24.1 Å². The first-order valence-electron chi connectivity index (χ1n) is 6.52. The van der Waals surface area contributed by atoms with E-state index in [2.05, 4.69) is 4.72 Å². The van der Waals surface area contributed by atoms with Gasteiger partial charge in [-0.3, -0.25) is 0 Å². The maximum absolute atomic E-state index is 12.2. The maximum Gasteiger partial charge on any atom is 0.250 e. The minimum atomic E-state index is -3.55. The van der Waals surface area contributed by atoms with Gasteiger partial charge in [-0.05, 0) is 25.0 Å². The number of aliphatic hydroxyl groups is 1. The largest absolute Gasteiger partial charge is 0.391 e. The highest BCUT2D eigenvalue weighted by Gasteiger charge is 2.27. The molecule has 0 aliphatic heterocycles. The second-order valence-corrected chi connectivity index (χ2v) is 7.97. The van der Waals surface area contributed by atoms with Crippen LogP contribution in [0.5, 0.6) is 0 Å². The van der Waals surface area contributed by atoms with Gasteiger partial charge in [0, 0.05) is 17.5 Å². The first-order chi connectivity index (χ1) is 9.03. The summed E-state index contributed by atoms with van der Waals surface area (Å²) >= 11 is 1.18. The molecule has 0 radical (unpaired) electrons. The lowest BCUT2D eigenvalue weighted by Crippen LogP contribution is -2.42. The standard InChI is InChI=1S/C12H20N2O3S2/c13-8-9-6-7-12(18-9)19(16,17)14-10-4-2-1-3-5-11(10)15/h6-7,10-11,14-15H,1-5,8,13H2. The predicted molar refractivity (Wildman–Crippen MR) is 75.4 cm³/mol. The fourth-order valence-electron chi connectivity index (χ4n) is 2.30. The Morgan fingerprint density at radius 1 is 1.32 bits per heavy atom. The molecule has 1 aliphatic carbocycles. The first-order valence-corrected chi connectivity index (χ1v) is 8.82. The molecule has 5 nitrogen and oxygen atoms in total. The Balaban J connectivity index is 2.11. The zero-order valence-corrected chi connectivity index (χ0v) is 12.3. The van der Waals surface area contributed by atoms with Crippen LogP contribution in [0.2, 0.25) is 0 Å². The highest BCUT2D eigenvalue weighted by molar-refractivity contribution is 7.91. The number of hydrogen-bond donors (Lipinski definition) is 3. The molecule has 0 bridgehead atoms. The van der Waals surface area contributed by atoms with E-state index in [1.165, 1.54) is 11.3 Å². The van der Waals surface area contributed by atoms with E-state index in [0.29, 0.717) is 19.4 Å². The fraction of sp³-hybridized carbons (Fsp3) is 0.667. The summed E-state index contributed by atoms with van der Waals surface area (Å²) in [6.07, 6.45) is 3.71. The van der Waals surface area contributed by atoms with Gasteiger partial charge in [0.25, 0.3) is 0 Å². The van der Waals surface area contributed by atoms with Crippen LogP contribution in [0.25, 0.3) is 0 Å². The Morgan fingerprint density at radius 2 is 2.05 bits per heavy atom. The molecule has 1 heterocycles. The zero-order valence-electron chi connectivity index (χ0n) is 10.7. The molecular formula is C12H20N2O3S2. The van der Waals surface area contributed by atoms with E-state index in [1.54, 1.807) is 12.1 Å². The molecule has 2 unspecified atom stereocenters. The van der Waals surface area contributed by atoms with Crippen LogP contribution >= 0.6 is 11.3 Å². The summed E-state index contributed by atoms with van der Waals surface area (Å²) in [5.41, 5.74) is 5.49. The van der Waals surface area contributed by atoms with E-state index < -0.39 is 16.1 Å². The highest BCUT2D eigenvalue weighted by Crippen LogP contribution is 2.24. The van der Waals surface area contributed by atoms with Gasteiger partial charge in [0.15, 0.2) is 0 Å². The monoisotopic (exact) mass is 304 g/mol. The van der Waals surface area contributed by atoms with Crippen molar-refractivity contribution in [1.29, 1.82) is 0 Å². The minimum absolute atomic E-state index is 0.268. The number of sulfonamides is 1. The number of hydrogen-bond acceptors (Lipinski definition) is 5. The summed E-state index contributed by atoms with van der Waals surface area (Å²) in [6.45, 7) is 0.340. The van der Waals surface area contributed by atoms with Crippen molar-refractivity contribution >= 4 is 21.4 Å². The van der Waals surface area contributed by atoms with E-state index in [-0.39, 0.29) is 10.3 Å². The SMILES string of the molecule is NCc1ccc(S(=O)(=O)NC2CCCCCC2O)s1. The average molecular weight is 304 g/mol. The lowest BCUT2D eigenvalue weighted by molar-refractivity contribution is 0.130. The Bertz CT molecular complexity index is 513. The zero-order chi connectivity index (χ0) is 13.9. The molecule has 1 aliphatic rings. The van der Waals surface area contributed by atoms with E-state index in [9.17, 15) is 13.5 Å². The summed E-state index contributed by atoms with van der Waals surface area (Å²) in [5.74, 6) is 0. The number of nitrogens with two attached hydrogens (primary N) is 1. The fourth-order valence-corrected chi connectivity index (χ4v) is 4.85. The van der Waals surface area contributed by atoms with Gasteiger partial charge in [-0.15, -0.1) is 11.3 Å². The molecule has 1 saturated carbocycles. The molecule has 4 N–H and O–H groups in total. The topological polar surface area (TPSA) is 92.4 Å². The van der Waals surface area contributed by atoms with Crippen LogP contribution in [0, 0.1) is 0 Å². The summed E-state index contributed by atoms with van der Waals surface area (Å²) in [4.78, 5) is 0.835. The van der Waals surface area contributed by atoms with Gasteiger partial charge in [-0.2, -0.15) is 0 Å². The van der Waals surface area contributed by atoms with Crippen LogP contribution in [0.3, 0.4) is 0 Å². The molecule has 7 heteroatoms. The molecule has 108 valence electrons. The molecule has 0 aromatic carbocycles. The average Bonchev–Trinajstić information content (AvgIpc) is 2.78. The molecule has 2 atom stereocenters. The van der Waals surface area contributed by atoms with Gasteiger partial charge in [0.05, 0.1) is 6.10 Å². The Hall–Kier alpha value is -0.470. The quantitative estimate of drug-likeness (QED) is 0.728. The van der Waals surface area contributed by atoms with Crippen molar-refractivity contribution in [2.75, 3.05) is 0 Å². The van der Waals surface area contributed by atoms with Crippen molar-refractivity contribution in [2.24, 2.45) is 5.73 Å². The maximum atomic E-state index is 12.2. The number of aliphatic hydroxyl groups excluding tert-OH is 1. The van der Waals surface area contributed by atoms with Crippen molar-refractivity contribution in [3.63, 3.8) is 0 Å². The normalized spacial score (nSPS) is 25.2. The molecule has 2 rings (SSSR count). The van der Waals surface area contributed by atoms with Crippen LogP contribution in [0.1, 0.15) is 37.0 Å². The molecule has 0 saturated heterocycles. The first kappa shape index (κ1) is 14.9. The van der Waals surface area contributed by atoms with Gasteiger partial charge < -0.3 is 10.8 Å². The lowest BCUT2D eigenvalue weighted by atomic mass is 10.1. The number of rotatable bonds is 4. The summed E-state index contributed by atoms with van der Waals surface area (Å²) in [5, 5.41) is 9.97. The summed E-state index contributed by atoms with van der Waals surface area (Å²) < 4.78 is 27.4. The van der Waals surface area contributed by atoms with Gasteiger partial charge >= 0.3 is 0 Å². The lowest BCUT2D eigenvalue weighted by Gasteiger charge is -2.21. The van der Waals surface area contributed by atoms with E-state index in [4.69, 9.17) is 5.73 Å². The second kappa shape index (κ2) is 6.32. The van der Waals surface area contributed by atoms with Gasteiger partial charge in [0.2, 0.25) is 10.0 Å². The van der Waals surface area contributed by atoms with Gasteiger partial charge in [-0.25, -0.2) is 13.1 Å². The molecular weight excluding hydrogens is 284 g/mol. The smallest absolute Gasteiger partial charge is 0.250 e. The second-order valence-electron chi connectivity index (χ2n) is 4.86. The molecule has 19 heavy (non-hydrogen) atoms. The molecule has 0 amide bonds. The van der Waals surface area contributed by atoms with Crippen LogP contribution in [0.4, 0.5) is 0 Å². The van der Waals surface area contributed by atoms with Crippen molar-refractivity contribution < 1.29 is 13.5 Å². The Labute approximate surface area is 117 Å². The van der Waals surface area contributed by atoms with Crippen molar-refractivity contribution in [1.82, 2.24) is 4.72 Å². The molecule has 1 aromatic heterocycles. The predicted octanol–water partition coefficient (Wildman–Crippen LogP) is 1.18. The van der Waals surface area contributed by atoms with Crippen LogP contribution in [-0.2, 0) is 16.6 Å². The summed E-state index contributed by atoms with van der Waals surface area (Å²) in [7, 11) is -3.55. The van der Waals surface area contributed by atoms with Crippen LogP contribution in [-0.4, -0.2) is 25.7 Å². The van der Waals surface area contributed by atoms with Gasteiger partial charge in [-0.1, -0.05) is 19.3 Å². The van der Waals surface area contributed by atoms with Crippen molar-refractivity contribution in [2.45, 2.75) is 55.0 Å². The van der Waals surface area contributed by atoms with Crippen LogP contribution < -0.4 is 10.5 Å². The summed E-state index contributed by atoms with van der Waals surface area (Å²) in [6, 6.07) is 2.91. The van der Waals surface area contributed by atoms with Crippen molar-refractivity contribution in [3.8, 4) is 0 Å². The number of thiophene rings is 1. The van der Waals surface area contributed by atoms with E-state index >= 15 is 0 Å². The molecule has 1 aromatic rings. The molecule has 0 spiro atoms. The van der Waals surface area contributed by atoms with Crippen molar-refractivity contribution in [3.05, 3.63) is 17.0 Å². The highest BCUT2D eigenvalue weighted by atomic mass is 32.2. The Morgan fingerprint density at radius 3 is 2.74 bits per heavy atom. The van der Waals surface area contributed by atoms with Crippen LogP contribution in [0.15, 0.2) is 16.3 Å². The third-order valence-corrected chi connectivity index (χ3v) is 6.48.